The molecule has 0 amide bonds. The van der Waals surface area contributed by atoms with Crippen molar-refractivity contribution < 1.29 is 29.6 Å². The summed E-state index contributed by atoms with van der Waals surface area (Å²) in [5, 5.41) is 0.376. The third kappa shape index (κ3) is 2.38. The molecule has 1 aromatic rings. The number of nitrogens with two attached hydrogens (primary N) is 1. The van der Waals surface area contributed by atoms with E-state index in [1.165, 1.54) is 0 Å². The molecule has 0 saturated carbocycles. The molecule has 0 bridgehead atoms. The molecule has 1 heterocycles. The van der Waals surface area contributed by atoms with Gasteiger partial charge in [-0.3, -0.25) is 4.98 Å². The van der Waals surface area contributed by atoms with Gasteiger partial charge >= 0.3 is 29.6 Å². The van der Waals surface area contributed by atoms with Crippen molar-refractivity contribution in [3.8, 4) is 0 Å². The Labute approximate surface area is 87.1 Å². The first-order valence-corrected chi connectivity index (χ1v) is 2.87. The first-order chi connectivity index (χ1) is 4.20. The number of hydrogen-bond acceptors (Lipinski definition) is 4. The van der Waals surface area contributed by atoms with Crippen LogP contribution in [0.5, 0.6) is 0 Å². The van der Waals surface area contributed by atoms with Crippen LogP contribution >= 0.6 is 0 Å². The molecule has 10 heavy (non-hydrogen) atoms. The van der Waals surface area contributed by atoms with Gasteiger partial charge in [-0.15, -0.1) is 0 Å². The summed E-state index contributed by atoms with van der Waals surface area (Å²) in [5.74, 6) is 0.338. The van der Waals surface area contributed by atoms with E-state index in [0.29, 0.717) is 10.8 Å². The van der Waals surface area contributed by atoms with Gasteiger partial charge in [-0.2, -0.15) is 0 Å². The maximum Gasteiger partial charge on any atom is 1.00 e. The number of hydrogen-bond donors (Lipinski definition) is 1. The topological polar surface area (TPSA) is 51.8 Å². The summed E-state index contributed by atoms with van der Waals surface area (Å²) in [6.07, 6.45) is 1.60. The largest absolute Gasteiger partial charge is 1.00 e. The van der Waals surface area contributed by atoms with E-state index < -0.39 is 0 Å². The first-order valence-electron chi connectivity index (χ1n) is 2.46. The minimum Gasteiger partial charge on any atom is -0.757 e. The summed E-state index contributed by atoms with van der Waals surface area (Å²) < 4.78 is 0. The van der Waals surface area contributed by atoms with E-state index in [-0.39, 0.29) is 29.6 Å². The van der Waals surface area contributed by atoms with E-state index in [2.05, 4.69) is 9.97 Å². The molecule has 3 nitrogen and oxygen atoms in total. The maximum atomic E-state index is 5.34. The molecular formula is C5H6N3NaS. The Kier molecular flexibility index (Phi) is 4.12. The van der Waals surface area contributed by atoms with Gasteiger partial charge in [0.25, 0.3) is 0 Å². The molecule has 1 rings (SSSR count). The second kappa shape index (κ2) is 4.08. The second-order valence-corrected chi connectivity index (χ2v) is 2.09. The van der Waals surface area contributed by atoms with Crippen LogP contribution in [0.1, 0.15) is 5.69 Å². The van der Waals surface area contributed by atoms with Crippen LogP contribution < -0.4 is 35.3 Å². The average Bonchev–Trinajstić information content (AvgIpc) is 1.80. The van der Waals surface area contributed by atoms with Crippen molar-refractivity contribution in [1.82, 2.24) is 9.97 Å². The van der Waals surface area contributed by atoms with Crippen LogP contribution in [0, 0.1) is 6.92 Å². The molecular weight excluding hydrogens is 157 g/mol. The summed E-state index contributed by atoms with van der Waals surface area (Å²) in [7, 11) is 0. The Morgan fingerprint density at radius 3 is 2.60 bits per heavy atom. The van der Waals surface area contributed by atoms with E-state index in [1.807, 2.05) is 6.92 Å². The first kappa shape index (κ1) is 10.1. The van der Waals surface area contributed by atoms with Crippen molar-refractivity contribution in [3.05, 3.63) is 11.9 Å². The van der Waals surface area contributed by atoms with Gasteiger partial charge in [0.05, 0.1) is 5.69 Å². The molecule has 48 valence electrons. The zero-order valence-corrected chi connectivity index (χ0v) is 8.77. The fourth-order valence-electron chi connectivity index (χ4n) is 0.485. The van der Waals surface area contributed by atoms with Crippen LogP contribution in [-0.2, 0) is 12.6 Å². The van der Waals surface area contributed by atoms with Crippen LogP contribution in [0.25, 0.3) is 0 Å². The van der Waals surface area contributed by atoms with Gasteiger partial charge < -0.3 is 18.4 Å². The number of rotatable bonds is 0. The summed E-state index contributed by atoms with van der Waals surface area (Å²) in [6.45, 7) is 1.82. The molecule has 1 aromatic heterocycles. The number of anilines is 1. The molecule has 0 saturated heterocycles. The average molecular weight is 163 g/mol. The number of nitrogen functional groups attached to an aromatic ring is 1. The number of aryl methyl sites for hydroxylation is 1. The van der Waals surface area contributed by atoms with Crippen LogP contribution in [0.2, 0.25) is 0 Å². The van der Waals surface area contributed by atoms with E-state index >= 15 is 0 Å². The fraction of sp³-hybridized carbons (Fsp3) is 0.200. The van der Waals surface area contributed by atoms with Crippen LogP contribution in [0.4, 0.5) is 5.82 Å². The third-order valence-electron chi connectivity index (χ3n) is 0.885. The molecule has 0 spiro atoms. The molecule has 0 radical (unpaired) electrons. The minimum absolute atomic E-state index is 0. The van der Waals surface area contributed by atoms with Crippen LogP contribution in [-0.4, -0.2) is 9.97 Å². The Morgan fingerprint density at radius 2 is 2.20 bits per heavy atom. The van der Waals surface area contributed by atoms with Crippen molar-refractivity contribution in [2.45, 2.75) is 11.9 Å². The van der Waals surface area contributed by atoms with Crippen LogP contribution in [0.15, 0.2) is 11.2 Å². The Balaban J connectivity index is 0.000000810. The van der Waals surface area contributed by atoms with Crippen molar-refractivity contribution in [1.29, 1.82) is 0 Å². The Bertz CT molecular complexity index is 228. The molecule has 0 atom stereocenters. The summed E-state index contributed by atoms with van der Waals surface area (Å²) in [5.41, 5.74) is 6.14. The SMILES string of the molecule is Cc1cnc([S-])c(N)n1.[Na+]. The number of nitrogens with zero attached hydrogens (tertiary/aromatic N) is 2. The molecule has 0 aliphatic rings. The van der Waals surface area contributed by atoms with Gasteiger partial charge in [-0.25, -0.2) is 4.98 Å². The van der Waals surface area contributed by atoms with E-state index in [1.54, 1.807) is 6.20 Å². The van der Waals surface area contributed by atoms with Gasteiger partial charge in [-0.05, 0) is 11.9 Å². The molecule has 0 fully saturated rings. The molecule has 0 aromatic carbocycles. The Hall–Kier alpha value is 0.1000. The second-order valence-electron chi connectivity index (χ2n) is 1.70. The van der Waals surface area contributed by atoms with E-state index in [4.69, 9.17) is 18.4 Å². The standard InChI is InChI=1S/C5H7N3S.Na/c1-3-2-7-5(9)4(6)8-3;/h2H,1H3,(H2,6,8)(H,7,9);/q;+1/p-1. The molecule has 0 unspecified atom stereocenters. The smallest absolute Gasteiger partial charge is 0.757 e. The van der Waals surface area contributed by atoms with Crippen molar-refractivity contribution in [2.24, 2.45) is 0 Å². The fourth-order valence-corrected chi connectivity index (χ4v) is 0.583. The third-order valence-corrected chi connectivity index (χ3v) is 1.20. The maximum absolute atomic E-state index is 5.34. The quantitative estimate of drug-likeness (QED) is 0.333. The molecule has 0 aliphatic carbocycles. The molecule has 5 heteroatoms. The van der Waals surface area contributed by atoms with Gasteiger partial charge in [0.2, 0.25) is 0 Å². The van der Waals surface area contributed by atoms with E-state index in [0.717, 1.165) is 5.69 Å². The van der Waals surface area contributed by atoms with Gasteiger partial charge in [0.15, 0.2) is 0 Å². The number of aromatic nitrogens is 2. The summed E-state index contributed by atoms with van der Waals surface area (Å²) in [4.78, 5) is 7.69. The van der Waals surface area contributed by atoms with Crippen molar-refractivity contribution in [3.63, 3.8) is 0 Å². The van der Waals surface area contributed by atoms with Gasteiger partial charge in [0, 0.05) is 6.20 Å². The minimum atomic E-state index is 0. The van der Waals surface area contributed by atoms with Gasteiger partial charge in [0.1, 0.15) is 5.82 Å². The molecule has 2 N–H and O–H groups in total. The van der Waals surface area contributed by atoms with Crippen molar-refractivity contribution in [2.75, 3.05) is 5.73 Å². The predicted octanol–water partition coefficient (Wildman–Crippen LogP) is -2.72. The summed E-state index contributed by atoms with van der Waals surface area (Å²) in [6, 6.07) is 0. The predicted molar refractivity (Wildman–Crippen MR) is 36.8 cm³/mol. The normalized spacial score (nSPS) is 8.50. The monoisotopic (exact) mass is 163 g/mol. The zero-order valence-electron chi connectivity index (χ0n) is 5.96. The van der Waals surface area contributed by atoms with Crippen molar-refractivity contribution >= 4 is 18.4 Å². The zero-order chi connectivity index (χ0) is 6.85. The van der Waals surface area contributed by atoms with Crippen LogP contribution in [0.3, 0.4) is 0 Å². The summed E-state index contributed by atoms with van der Waals surface area (Å²) >= 11 is 4.71. The Morgan fingerprint density at radius 1 is 1.60 bits per heavy atom. The van der Waals surface area contributed by atoms with E-state index in [9.17, 15) is 0 Å². The van der Waals surface area contributed by atoms with Gasteiger partial charge in [-0.1, -0.05) is 0 Å². The molecule has 0 aliphatic heterocycles.